The van der Waals surface area contributed by atoms with E-state index in [0.29, 0.717) is 31.9 Å². The maximum absolute atomic E-state index is 13.1. The number of rotatable bonds is 0. The number of halogens is 1. The Morgan fingerprint density at radius 3 is 2.77 bits per heavy atom. The fraction of sp³-hybridized carbons (Fsp3) is 0.484. The van der Waals surface area contributed by atoms with Gasteiger partial charge in [-0.1, -0.05) is 30.7 Å². The number of nitrogens with zero attached hydrogens (tertiary/aromatic N) is 1. The zero-order chi connectivity index (χ0) is 28.1. The summed E-state index contributed by atoms with van der Waals surface area (Å²) in [5.41, 5.74) is 3.23. The first-order valence-electron chi connectivity index (χ1n) is 14.2. The van der Waals surface area contributed by atoms with Crippen LogP contribution in [0.2, 0.25) is 5.02 Å². The number of carbonyl (C=O) groups excluding carboxylic acids is 2. The zero-order valence-corrected chi connectivity index (χ0v) is 24.3. The van der Waals surface area contributed by atoms with Crippen LogP contribution in [0.15, 0.2) is 48.6 Å². The van der Waals surface area contributed by atoms with E-state index >= 15 is 0 Å². The van der Waals surface area contributed by atoms with Gasteiger partial charge in [0, 0.05) is 35.0 Å². The van der Waals surface area contributed by atoms with Crippen LogP contribution in [0.4, 0.5) is 5.69 Å². The van der Waals surface area contributed by atoms with E-state index < -0.39 is 15.9 Å². The Morgan fingerprint density at radius 1 is 1.12 bits per heavy atom. The number of carbonyl (C=O) groups is 2. The molecule has 4 atom stereocenters. The summed E-state index contributed by atoms with van der Waals surface area (Å²) in [7, 11) is -3.85. The largest absolute Gasteiger partial charge is 0.490 e. The lowest BCUT2D eigenvalue weighted by Gasteiger charge is -2.44. The number of hydrogen-bond acceptors (Lipinski definition) is 6. The second kappa shape index (κ2) is 10.5. The van der Waals surface area contributed by atoms with Crippen molar-refractivity contribution in [1.29, 1.82) is 0 Å². The van der Waals surface area contributed by atoms with Gasteiger partial charge in [-0.15, -0.1) is 0 Å². The van der Waals surface area contributed by atoms with Crippen molar-refractivity contribution in [2.75, 3.05) is 30.3 Å². The molecule has 40 heavy (non-hydrogen) atoms. The van der Waals surface area contributed by atoms with Crippen molar-refractivity contribution < 1.29 is 22.7 Å². The van der Waals surface area contributed by atoms with Crippen molar-refractivity contribution in [3.8, 4) is 5.75 Å². The standard InChI is InChI=1S/C31H35ClN2O5S/c1-20-4-2-6-28(35)25-10-7-23(25)16-34-18-31(13-3-5-21-14-24(32)9-11-26(21)31)19-39-29-12-8-22(15-27(29)34)30(36)33-40(37,38)17-20/h2,6,8-9,11-12,14-15,20,23,25H,3-5,7,10,13,16-19H2,1H3,(H,33,36)/b6-2+/t20-,23-,25+,31-/m0/s1. The number of fused-ring (bicyclic) bond motifs is 4. The molecule has 0 unspecified atom stereocenters. The Hall–Kier alpha value is -2.84. The smallest absolute Gasteiger partial charge is 0.264 e. The summed E-state index contributed by atoms with van der Waals surface area (Å²) in [6.07, 6.45) is 8.61. The molecule has 1 spiro atoms. The topological polar surface area (TPSA) is 92.8 Å². The van der Waals surface area contributed by atoms with E-state index in [1.165, 1.54) is 11.1 Å². The summed E-state index contributed by atoms with van der Waals surface area (Å²) in [6.45, 7) is 3.62. The molecular weight excluding hydrogens is 548 g/mol. The number of hydrogen-bond donors (Lipinski definition) is 1. The third-order valence-electron chi connectivity index (χ3n) is 9.11. The second-order valence-electron chi connectivity index (χ2n) is 12.1. The van der Waals surface area contributed by atoms with Crippen molar-refractivity contribution in [2.45, 2.75) is 50.9 Å². The lowest BCUT2D eigenvalue weighted by molar-refractivity contribution is -0.122. The fourth-order valence-electron chi connectivity index (χ4n) is 6.93. The van der Waals surface area contributed by atoms with Crippen molar-refractivity contribution in [2.24, 2.45) is 17.8 Å². The third kappa shape index (κ3) is 5.28. The molecule has 1 amide bonds. The first kappa shape index (κ1) is 27.3. The highest BCUT2D eigenvalue weighted by atomic mass is 35.5. The number of amides is 1. The van der Waals surface area contributed by atoms with Gasteiger partial charge in [0.05, 0.1) is 18.0 Å². The van der Waals surface area contributed by atoms with Crippen LogP contribution in [0.1, 0.15) is 60.5 Å². The average Bonchev–Trinajstić information content (AvgIpc) is 3.02. The number of nitrogens with one attached hydrogen (secondary N) is 1. The van der Waals surface area contributed by atoms with E-state index in [1.54, 1.807) is 37.3 Å². The van der Waals surface area contributed by atoms with Crippen LogP contribution >= 0.6 is 11.6 Å². The molecule has 7 nitrogen and oxygen atoms in total. The minimum Gasteiger partial charge on any atom is -0.490 e. The Bertz CT molecular complexity index is 1490. The quantitative estimate of drug-likeness (QED) is 0.466. The Balaban J connectivity index is 1.42. The summed E-state index contributed by atoms with van der Waals surface area (Å²) < 4.78 is 34.3. The average molecular weight is 583 g/mol. The van der Waals surface area contributed by atoms with Gasteiger partial charge in [0.15, 0.2) is 5.78 Å². The number of anilines is 1. The molecule has 212 valence electrons. The molecule has 2 bridgehead atoms. The molecule has 2 aliphatic heterocycles. The molecular formula is C31H35ClN2O5S. The molecule has 2 aromatic rings. The molecule has 6 rings (SSSR count). The minimum atomic E-state index is -3.85. The minimum absolute atomic E-state index is 0.0595. The molecule has 2 aliphatic carbocycles. The molecule has 1 N–H and O–H groups in total. The summed E-state index contributed by atoms with van der Waals surface area (Å²) in [6, 6.07) is 11.3. The van der Waals surface area contributed by atoms with Crippen molar-refractivity contribution in [1.82, 2.24) is 4.72 Å². The van der Waals surface area contributed by atoms with Gasteiger partial charge in [0.25, 0.3) is 5.91 Å². The summed E-state index contributed by atoms with van der Waals surface area (Å²) in [5.74, 6) is -0.179. The normalized spacial score (nSPS) is 30.6. The lowest BCUT2D eigenvalue weighted by Crippen LogP contribution is -2.49. The predicted octanol–water partition coefficient (Wildman–Crippen LogP) is 5.06. The zero-order valence-electron chi connectivity index (χ0n) is 22.7. The number of sulfonamides is 1. The van der Waals surface area contributed by atoms with Gasteiger partial charge < -0.3 is 9.64 Å². The number of allylic oxidation sites excluding steroid dienone is 2. The van der Waals surface area contributed by atoms with Gasteiger partial charge in [-0.2, -0.15) is 0 Å². The van der Waals surface area contributed by atoms with Crippen LogP contribution in [-0.4, -0.2) is 45.6 Å². The summed E-state index contributed by atoms with van der Waals surface area (Å²) >= 11 is 6.36. The number of benzene rings is 2. The van der Waals surface area contributed by atoms with Gasteiger partial charge in [-0.3, -0.25) is 9.59 Å². The molecule has 4 aliphatic rings. The maximum atomic E-state index is 13.1. The van der Waals surface area contributed by atoms with Crippen LogP contribution in [0.25, 0.3) is 0 Å². The van der Waals surface area contributed by atoms with E-state index in [1.807, 2.05) is 6.07 Å². The van der Waals surface area contributed by atoms with E-state index in [9.17, 15) is 18.0 Å². The molecule has 0 radical (unpaired) electrons. The molecule has 9 heteroatoms. The van der Waals surface area contributed by atoms with Gasteiger partial charge in [-0.25, -0.2) is 13.1 Å². The molecule has 1 fully saturated rings. The molecule has 2 aromatic carbocycles. The van der Waals surface area contributed by atoms with Crippen molar-refractivity contribution >= 4 is 39.0 Å². The van der Waals surface area contributed by atoms with Crippen molar-refractivity contribution in [3.05, 3.63) is 70.3 Å². The van der Waals surface area contributed by atoms with E-state index in [2.05, 4.69) is 21.8 Å². The Kier molecular flexibility index (Phi) is 7.20. The highest BCUT2D eigenvalue weighted by molar-refractivity contribution is 7.90. The van der Waals surface area contributed by atoms with Gasteiger partial charge in [0.1, 0.15) is 5.75 Å². The number of aryl methyl sites for hydroxylation is 1. The van der Waals surface area contributed by atoms with Gasteiger partial charge in [-0.05, 0) is 97.9 Å². The highest BCUT2D eigenvalue weighted by Gasteiger charge is 2.44. The van der Waals surface area contributed by atoms with Crippen LogP contribution < -0.4 is 14.4 Å². The maximum Gasteiger partial charge on any atom is 0.264 e. The van der Waals surface area contributed by atoms with Crippen LogP contribution in [-0.2, 0) is 26.7 Å². The summed E-state index contributed by atoms with van der Waals surface area (Å²) in [4.78, 5) is 28.6. The van der Waals surface area contributed by atoms with Crippen LogP contribution in [0.3, 0.4) is 0 Å². The lowest BCUT2D eigenvalue weighted by atomic mass is 9.68. The third-order valence-corrected chi connectivity index (χ3v) is 10.8. The van der Waals surface area contributed by atoms with Crippen LogP contribution in [0, 0.1) is 17.8 Å². The fourth-order valence-corrected chi connectivity index (χ4v) is 8.49. The summed E-state index contributed by atoms with van der Waals surface area (Å²) in [5, 5.41) is 0.725. The second-order valence-corrected chi connectivity index (χ2v) is 14.3. The highest BCUT2D eigenvalue weighted by Crippen LogP contribution is 2.46. The first-order chi connectivity index (χ1) is 19.1. The number of ether oxygens (including phenoxy) is 1. The van der Waals surface area contributed by atoms with E-state index in [-0.39, 0.29) is 40.3 Å². The molecule has 2 heterocycles. The SMILES string of the molecule is C[C@H]1C/C=C/C(=O)[C@@H]2CC[C@H]2CN2C[C@@]3(CCCc4cc(Cl)ccc43)COc3ccc(cc32)C(=O)NS(=O)(=O)C1. The molecule has 0 saturated heterocycles. The Labute approximate surface area is 241 Å². The van der Waals surface area contributed by atoms with E-state index in [4.69, 9.17) is 16.3 Å². The predicted molar refractivity (Wildman–Crippen MR) is 156 cm³/mol. The van der Waals surface area contributed by atoms with E-state index in [0.717, 1.165) is 42.8 Å². The Morgan fingerprint density at radius 2 is 1.98 bits per heavy atom. The van der Waals surface area contributed by atoms with Gasteiger partial charge in [0.2, 0.25) is 10.0 Å². The molecule has 0 aromatic heterocycles. The monoisotopic (exact) mass is 582 g/mol. The van der Waals surface area contributed by atoms with Crippen LogP contribution in [0.5, 0.6) is 5.75 Å². The number of ketones is 1. The van der Waals surface area contributed by atoms with Crippen molar-refractivity contribution in [3.63, 3.8) is 0 Å². The first-order valence-corrected chi connectivity index (χ1v) is 16.2. The van der Waals surface area contributed by atoms with Gasteiger partial charge >= 0.3 is 0 Å². The molecule has 1 saturated carbocycles.